The number of methoxy groups -OCH3 is 1. The smallest absolute Gasteiger partial charge is 0.135 e. The normalized spacial score (nSPS) is 10.8. The second kappa shape index (κ2) is 5.80. The fourth-order valence-electron chi connectivity index (χ4n) is 2.63. The molecule has 0 unspecified atom stereocenters. The van der Waals surface area contributed by atoms with Crippen LogP contribution in [0.3, 0.4) is 0 Å². The predicted octanol–water partition coefficient (Wildman–Crippen LogP) is 3.91. The van der Waals surface area contributed by atoms with E-state index in [1.54, 1.807) is 7.11 Å². The van der Waals surface area contributed by atoms with Gasteiger partial charge in [-0.1, -0.05) is 35.9 Å². The molecule has 0 saturated carbocycles. The number of fused-ring (bicyclic) bond motifs is 1. The van der Waals surface area contributed by atoms with Gasteiger partial charge in [0.05, 0.1) is 16.6 Å². The van der Waals surface area contributed by atoms with E-state index in [1.165, 1.54) is 0 Å². The molecular formula is C17H14ClN3O. The van der Waals surface area contributed by atoms with Crippen molar-refractivity contribution in [2.45, 2.75) is 6.61 Å². The summed E-state index contributed by atoms with van der Waals surface area (Å²) in [6.07, 6.45) is 0. The van der Waals surface area contributed by atoms with Crippen LogP contribution >= 0.6 is 11.6 Å². The zero-order chi connectivity index (χ0) is 15.7. The highest BCUT2D eigenvalue weighted by Crippen LogP contribution is 2.34. The number of ether oxygens (including phenoxy) is 1. The van der Waals surface area contributed by atoms with Crippen molar-refractivity contribution >= 4 is 22.6 Å². The van der Waals surface area contributed by atoms with Crippen LogP contribution in [0.15, 0.2) is 36.4 Å². The molecule has 0 N–H and O–H groups in total. The van der Waals surface area contributed by atoms with Gasteiger partial charge in [-0.25, -0.2) is 4.98 Å². The van der Waals surface area contributed by atoms with Gasteiger partial charge in [0.25, 0.3) is 0 Å². The predicted molar refractivity (Wildman–Crippen MR) is 86.6 cm³/mol. The maximum Gasteiger partial charge on any atom is 0.135 e. The molecule has 0 bridgehead atoms. The molecule has 0 aliphatic heterocycles. The van der Waals surface area contributed by atoms with Crippen LogP contribution in [0.25, 0.3) is 22.2 Å². The molecule has 22 heavy (non-hydrogen) atoms. The minimum Gasteiger partial charge on any atom is -0.377 e. The number of hydrogen-bond donors (Lipinski definition) is 0. The second-order valence-electron chi connectivity index (χ2n) is 4.97. The molecule has 0 saturated heterocycles. The molecule has 0 aliphatic carbocycles. The average molecular weight is 312 g/mol. The number of imidazole rings is 1. The molecule has 110 valence electrons. The molecule has 3 rings (SSSR count). The minimum absolute atomic E-state index is 0.400. The van der Waals surface area contributed by atoms with E-state index in [2.05, 4.69) is 11.1 Å². The molecule has 2 aromatic carbocycles. The Labute approximate surface area is 133 Å². The van der Waals surface area contributed by atoms with E-state index in [9.17, 15) is 5.26 Å². The fraction of sp³-hybridized carbons (Fsp3) is 0.176. The molecule has 0 radical (unpaired) electrons. The SMILES string of the molecule is COCc1nc2ccc(-c3ccccc3Cl)c(C#N)c2n1C. The standard InChI is InChI=1S/C17H14ClN3O/c1-21-16(10-22-2)20-15-8-7-11(13(9-19)17(15)21)12-5-3-4-6-14(12)18/h3-8H,10H2,1-2H3. The van der Waals surface area contributed by atoms with E-state index in [0.717, 1.165) is 28.0 Å². The van der Waals surface area contributed by atoms with Crippen molar-refractivity contribution in [3.05, 3.63) is 52.8 Å². The van der Waals surface area contributed by atoms with Gasteiger partial charge in [0.1, 0.15) is 18.5 Å². The Kier molecular flexibility index (Phi) is 3.84. The molecule has 4 nitrogen and oxygen atoms in total. The number of benzene rings is 2. The Hall–Kier alpha value is -2.35. The van der Waals surface area contributed by atoms with Gasteiger partial charge < -0.3 is 9.30 Å². The van der Waals surface area contributed by atoms with Crippen LogP contribution in [-0.2, 0) is 18.4 Å². The number of nitrogens with zero attached hydrogens (tertiary/aromatic N) is 3. The summed E-state index contributed by atoms with van der Waals surface area (Å²) in [6, 6.07) is 13.6. The van der Waals surface area contributed by atoms with E-state index in [0.29, 0.717) is 17.2 Å². The van der Waals surface area contributed by atoms with Crippen molar-refractivity contribution in [3.8, 4) is 17.2 Å². The molecule has 0 spiro atoms. The first kappa shape index (κ1) is 14.6. The van der Waals surface area contributed by atoms with E-state index in [1.807, 2.05) is 48.0 Å². The number of hydrogen-bond acceptors (Lipinski definition) is 3. The lowest BCUT2D eigenvalue weighted by Gasteiger charge is -2.08. The Morgan fingerprint density at radius 3 is 2.68 bits per heavy atom. The highest BCUT2D eigenvalue weighted by molar-refractivity contribution is 6.33. The van der Waals surface area contributed by atoms with Crippen molar-refractivity contribution in [2.75, 3.05) is 7.11 Å². The van der Waals surface area contributed by atoms with Crippen molar-refractivity contribution in [3.63, 3.8) is 0 Å². The number of rotatable bonds is 3. The molecule has 0 aliphatic rings. The molecular weight excluding hydrogens is 298 g/mol. The van der Waals surface area contributed by atoms with E-state index in [4.69, 9.17) is 16.3 Å². The van der Waals surface area contributed by atoms with Gasteiger partial charge in [-0.3, -0.25) is 0 Å². The van der Waals surface area contributed by atoms with Crippen LogP contribution in [0.2, 0.25) is 5.02 Å². The van der Waals surface area contributed by atoms with Crippen molar-refractivity contribution in [2.24, 2.45) is 7.05 Å². The molecule has 1 heterocycles. The van der Waals surface area contributed by atoms with E-state index in [-0.39, 0.29) is 0 Å². The minimum atomic E-state index is 0.400. The highest BCUT2D eigenvalue weighted by atomic mass is 35.5. The van der Waals surface area contributed by atoms with Gasteiger partial charge in [0.2, 0.25) is 0 Å². The third-order valence-electron chi connectivity index (χ3n) is 3.68. The maximum absolute atomic E-state index is 9.67. The lowest BCUT2D eigenvalue weighted by atomic mass is 9.99. The third kappa shape index (κ3) is 2.25. The van der Waals surface area contributed by atoms with Gasteiger partial charge in [0.15, 0.2) is 0 Å². The van der Waals surface area contributed by atoms with Crippen molar-refractivity contribution in [1.29, 1.82) is 5.26 Å². The zero-order valence-electron chi connectivity index (χ0n) is 12.3. The summed E-state index contributed by atoms with van der Waals surface area (Å²) in [6.45, 7) is 0.400. The Balaban J connectivity index is 2.32. The van der Waals surface area contributed by atoms with Crippen molar-refractivity contribution in [1.82, 2.24) is 9.55 Å². The van der Waals surface area contributed by atoms with Crippen LogP contribution in [0.5, 0.6) is 0 Å². The van der Waals surface area contributed by atoms with E-state index >= 15 is 0 Å². The Bertz CT molecular complexity index is 893. The van der Waals surface area contributed by atoms with Gasteiger partial charge in [0, 0.05) is 30.3 Å². The van der Waals surface area contributed by atoms with Crippen LogP contribution in [-0.4, -0.2) is 16.7 Å². The Morgan fingerprint density at radius 2 is 2.00 bits per heavy atom. The van der Waals surface area contributed by atoms with Gasteiger partial charge in [-0.2, -0.15) is 5.26 Å². The molecule has 5 heteroatoms. The van der Waals surface area contributed by atoms with Crippen LogP contribution in [0.4, 0.5) is 0 Å². The zero-order valence-corrected chi connectivity index (χ0v) is 13.1. The summed E-state index contributed by atoms with van der Waals surface area (Å²) in [4.78, 5) is 4.52. The topological polar surface area (TPSA) is 50.8 Å². The fourth-order valence-corrected chi connectivity index (χ4v) is 2.87. The third-order valence-corrected chi connectivity index (χ3v) is 4.01. The van der Waals surface area contributed by atoms with Gasteiger partial charge in [-0.05, 0) is 12.1 Å². The number of nitriles is 1. The van der Waals surface area contributed by atoms with Crippen molar-refractivity contribution < 1.29 is 4.74 Å². The number of aromatic nitrogens is 2. The second-order valence-corrected chi connectivity index (χ2v) is 5.37. The molecule has 0 amide bonds. The highest BCUT2D eigenvalue weighted by Gasteiger charge is 2.17. The molecule has 3 aromatic rings. The first-order chi connectivity index (χ1) is 10.7. The summed E-state index contributed by atoms with van der Waals surface area (Å²) in [5, 5.41) is 10.3. The largest absolute Gasteiger partial charge is 0.377 e. The number of aryl methyl sites for hydroxylation is 1. The first-order valence-electron chi connectivity index (χ1n) is 6.79. The Morgan fingerprint density at radius 1 is 1.23 bits per heavy atom. The summed E-state index contributed by atoms with van der Waals surface area (Å²) < 4.78 is 7.06. The molecule has 0 atom stereocenters. The average Bonchev–Trinajstić information content (AvgIpc) is 2.84. The van der Waals surface area contributed by atoms with Crippen LogP contribution in [0.1, 0.15) is 11.4 Å². The molecule has 0 fully saturated rings. The summed E-state index contributed by atoms with van der Waals surface area (Å²) in [5.41, 5.74) is 3.81. The molecule has 1 aromatic heterocycles. The summed E-state index contributed by atoms with van der Waals surface area (Å²) in [7, 11) is 3.51. The van der Waals surface area contributed by atoms with Crippen LogP contribution in [0, 0.1) is 11.3 Å². The lowest BCUT2D eigenvalue weighted by molar-refractivity contribution is 0.176. The lowest BCUT2D eigenvalue weighted by Crippen LogP contribution is -2.00. The van der Waals surface area contributed by atoms with Gasteiger partial charge >= 0.3 is 0 Å². The summed E-state index contributed by atoms with van der Waals surface area (Å²) >= 11 is 6.28. The summed E-state index contributed by atoms with van der Waals surface area (Å²) in [5.74, 6) is 0.783. The van der Waals surface area contributed by atoms with Crippen LogP contribution < -0.4 is 0 Å². The van der Waals surface area contributed by atoms with E-state index < -0.39 is 0 Å². The monoisotopic (exact) mass is 311 g/mol. The maximum atomic E-state index is 9.67. The van der Waals surface area contributed by atoms with Gasteiger partial charge in [-0.15, -0.1) is 0 Å². The number of halogens is 1. The first-order valence-corrected chi connectivity index (χ1v) is 7.17. The quantitative estimate of drug-likeness (QED) is 0.737.